The Balaban J connectivity index is 2.07. The van der Waals surface area contributed by atoms with Crippen molar-refractivity contribution in [3.63, 3.8) is 0 Å². The zero-order chi connectivity index (χ0) is 16.3. The molecule has 0 aliphatic carbocycles. The molecular weight excluding hydrogens is 276 g/mol. The van der Waals surface area contributed by atoms with Gasteiger partial charge in [-0.2, -0.15) is 0 Å². The van der Waals surface area contributed by atoms with Gasteiger partial charge in [0.15, 0.2) is 6.10 Å². The van der Waals surface area contributed by atoms with Crippen LogP contribution in [0.4, 0.5) is 0 Å². The molecule has 0 spiro atoms. The predicted octanol–water partition coefficient (Wildman–Crippen LogP) is 2.69. The van der Waals surface area contributed by atoms with Crippen LogP contribution in [0.25, 0.3) is 0 Å². The Labute approximate surface area is 133 Å². The fourth-order valence-corrected chi connectivity index (χ4v) is 2.94. The fourth-order valence-electron chi connectivity index (χ4n) is 2.94. The summed E-state index contributed by atoms with van der Waals surface area (Å²) < 4.78 is 6.01. The van der Waals surface area contributed by atoms with Gasteiger partial charge in [-0.15, -0.1) is 0 Å². The first-order valence-corrected chi connectivity index (χ1v) is 8.18. The maximum atomic E-state index is 12.5. The number of benzene rings is 1. The molecule has 0 aromatic heterocycles. The van der Waals surface area contributed by atoms with Crippen LogP contribution in [-0.2, 0) is 4.79 Å². The lowest BCUT2D eigenvalue weighted by molar-refractivity contribution is -0.137. The highest BCUT2D eigenvalue weighted by Gasteiger charge is 2.29. The molecule has 122 valence electrons. The van der Waals surface area contributed by atoms with Crippen LogP contribution in [-0.4, -0.2) is 36.5 Å². The van der Waals surface area contributed by atoms with Crippen LogP contribution in [0.1, 0.15) is 44.2 Å². The van der Waals surface area contributed by atoms with E-state index >= 15 is 0 Å². The zero-order valence-electron chi connectivity index (χ0n) is 14.1. The number of hydrogen-bond donors (Lipinski definition) is 1. The number of carbonyl (C=O) groups excluding carboxylic acids is 1. The van der Waals surface area contributed by atoms with Gasteiger partial charge in [-0.1, -0.05) is 26.0 Å². The van der Waals surface area contributed by atoms with Gasteiger partial charge in [0.2, 0.25) is 0 Å². The molecule has 4 nitrogen and oxygen atoms in total. The number of hydrogen-bond acceptors (Lipinski definition) is 3. The molecule has 22 heavy (non-hydrogen) atoms. The van der Waals surface area contributed by atoms with Gasteiger partial charge in [-0.05, 0) is 55.8 Å². The molecule has 0 unspecified atom stereocenters. The maximum absolute atomic E-state index is 12.5. The molecule has 1 aromatic rings. The van der Waals surface area contributed by atoms with Crippen LogP contribution < -0.4 is 10.5 Å². The summed E-state index contributed by atoms with van der Waals surface area (Å²) in [6.45, 7) is 10.3. The third-order valence-corrected chi connectivity index (χ3v) is 4.37. The third-order valence-electron chi connectivity index (χ3n) is 4.37. The van der Waals surface area contributed by atoms with Crippen LogP contribution in [0.5, 0.6) is 5.75 Å². The largest absolute Gasteiger partial charge is 0.481 e. The maximum Gasteiger partial charge on any atom is 0.263 e. The second kappa shape index (κ2) is 7.14. The molecule has 1 amide bonds. The lowest BCUT2D eigenvalue weighted by atomic mass is 10.0. The number of nitrogens with zero attached hydrogens (tertiary/aromatic N) is 1. The minimum absolute atomic E-state index is 0.0622. The van der Waals surface area contributed by atoms with Crippen LogP contribution in [0.15, 0.2) is 18.2 Å². The predicted molar refractivity (Wildman–Crippen MR) is 89.1 cm³/mol. The summed E-state index contributed by atoms with van der Waals surface area (Å²) in [6.07, 6.45) is 0.534. The summed E-state index contributed by atoms with van der Waals surface area (Å²) >= 11 is 0. The van der Waals surface area contributed by atoms with Gasteiger partial charge < -0.3 is 15.4 Å². The Bertz CT molecular complexity index is 528. The minimum Gasteiger partial charge on any atom is -0.481 e. The van der Waals surface area contributed by atoms with Gasteiger partial charge in [0.05, 0.1) is 0 Å². The van der Waals surface area contributed by atoms with E-state index in [-0.39, 0.29) is 5.91 Å². The van der Waals surface area contributed by atoms with E-state index in [0.717, 1.165) is 36.4 Å². The smallest absolute Gasteiger partial charge is 0.263 e. The Hall–Kier alpha value is -1.55. The van der Waals surface area contributed by atoms with E-state index in [0.29, 0.717) is 18.4 Å². The Morgan fingerprint density at radius 1 is 1.41 bits per heavy atom. The first kappa shape index (κ1) is 16.8. The lowest BCUT2D eigenvalue weighted by Gasteiger charge is -2.23. The number of aryl methyl sites for hydroxylation is 1. The highest BCUT2D eigenvalue weighted by Crippen LogP contribution is 2.29. The van der Waals surface area contributed by atoms with Crippen LogP contribution in [0, 0.1) is 12.8 Å². The first-order chi connectivity index (χ1) is 10.4. The number of ether oxygens (including phenoxy) is 1. The van der Waals surface area contributed by atoms with Gasteiger partial charge >= 0.3 is 0 Å². The van der Waals surface area contributed by atoms with E-state index < -0.39 is 6.10 Å². The first-order valence-electron chi connectivity index (χ1n) is 8.18. The van der Waals surface area contributed by atoms with Crippen molar-refractivity contribution in [3.05, 3.63) is 29.3 Å². The summed E-state index contributed by atoms with van der Waals surface area (Å²) in [5.41, 5.74) is 7.98. The molecule has 1 aliphatic heterocycles. The second-order valence-electron chi connectivity index (χ2n) is 6.63. The van der Waals surface area contributed by atoms with E-state index in [4.69, 9.17) is 10.5 Å². The van der Waals surface area contributed by atoms with Gasteiger partial charge in [0.25, 0.3) is 5.91 Å². The van der Waals surface area contributed by atoms with E-state index in [1.807, 2.05) is 24.8 Å². The summed E-state index contributed by atoms with van der Waals surface area (Å²) in [4.78, 5) is 14.4. The van der Waals surface area contributed by atoms with Crippen molar-refractivity contribution in [1.82, 2.24) is 4.90 Å². The number of rotatable bonds is 5. The topological polar surface area (TPSA) is 55.6 Å². The molecule has 1 aliphatic rings. The minimum atomic E-state index is -0.462. The summed E-state index contributed by atoms with van der Waals surface area (Å²) in [5.74, 6) is 1.69. The van der Waals surface area contributed by atoms with Crippen molar-refractivity contribution in [3.8, 4) is 5.75 Å². The average molecular weight is 304 g/mol. The molecule has 2 rings (SSSR count). The highest BCUT2D eigenvalue weighted by molar-refractivity contribution is 5.81. The van der Waals surface area contributed by atoms with Gasteiger partial charge in [0, 0.05) is 13.1 Å². The van der Waals surface area contributed by atoms with Gasteiger partial charge in [-0.3, -0.25) is 4.79 Å². The third kappa shape index (κ3) is 3.80. The Morgan fingerprint density at radius 2 is 2.14 bits per heavy atom. The average Bonchev–Trinajstić information content (AvgIpc) is 2.95. The Morgan fingerprint density at radius 3 is 2.73 bits per heavy atom. The molecule has 0 radical (unpaired) electrons. The van der Waals surface area contributed by atoms with E-state index in [2.05, 4.69) is 26.0 Å². The van der Waals surface area contributed by atoms with Gasteiger partial charge in [-0.25, -0.2) is 0 Å². The molecule has 0 saturated carbocycles. The van der Waals surface area contributed by atoms with Crippen LogP contribution >= 0.6 is 0 Å². The molecule has 1 aromatic carbocycles. The summed E-state index contributed by atoms with van der Waals surface area (Å²) in [5, 5.41) is 0. The van der Waals surface area contributed by atoms with E-state index in [9.17, 15) is 4.79 Å². The molecule has 1 saturated heterocycles. The standard InChI is InChI=1S/C18H28N2O2/c1-12(2)16-6-5-13(3)9-17(16)22-14(4)18(21)20-8-7-15(10-19)11-20/h5-6,9,12,14-15H,7-8,10-11,19H2,1-4H3/t14-,15+/m0/s1. The SMILES string of the molecule is Cc1ccc(C(C)C)c(O[C@@H](C)C(=O)N2CC[C@H](CN)C2)c1. The second-order valence-corrected chi connectivity index (χ2v) is 6.63. The Kier molecular flexibility index (Phi) is 5.46. The fraction of sp³-hybridized carbons (Fsp3) is 0.611. The molecule has 4 heteroatoms. The summed E-state index contributed by atoms with van der Waals surface area (Å²) in [7, 11) is 0. The van der Waals surface area contributed by atoms with Crippen molar-refractivity contribution >= 4 is 5.91 Å². The zero-order valence-corrected chi connectivity index (χ0v) is 14.1. The molecule has 1 fully saturated rings. The number of nitrogens with two attached hydrogens (primary N) is 1. The van der Waals surface area contributed by atoms with Crippen LogP contribution in [0.3, 0.4) is 0 Å². The molecule has 1 heterocycles. The normalized spacial score (nSPS) is 19.5. The number of carbonyl (C=O) groups is 1. The molecule has 2 N–H and O–H groups in total. The van der Waals surface area contributed by atoms with Crippen molar-refractivity contribution in [2.45, 2.75) is 46.1 Å². The summed E-state index contributed by atoms with van der Waals surface area (Å²) in [6, 6.07) is 6.19. The van der Waals surface area contributed by atoms with Crippen LogP contribution in [0.2, 0.25) is 0 Å². The molecule has 0 bridgehead atoms. The van der Waals surface area contributed by atoms with Gasteiger partial charge in [0.1, 0.15) is 5.75 Å². The van der Waals surface area contributed by atoms with Crippen molar-refractivity contribution < 1.29 is 9.53 Å². The van der Waals surface area contributed by atoms with Crippen molar-refractivity contribution in [1.29, 1.82) is 0 Å². The van der Waals surface area contributed by atoms with E-state index in [1.54, 1.807) is 0 Å². The van der Waals surface area contributed by atoms with E-state index in [1.165, 1.54) is 0 Å². The quantitative estimate of drug-likeness (QED) is 0.910. The lowest BCUT2D eigenvalue weighted by Crippen LogP contribution is -2.39. The molecular formula is C18H28N2O2. The number of likely N-dealkylation sites (tertiary alicyclic amines) is 1. The molecule has 2 atom stereocenters. The monoisotopic (exact) mass is 304 g/mol. The van der Waals surface area contributed by atoms with Crippen molar-refractivity contribution in [2.75, 3.05) is 19.6 Å². The van der Waals surface area contributed by atoms with Crippen molar-refractivity contribution in [2.24, 2.45) is 11.7 Å². The number of amides is 1. The highest BCUT2D eigenvalue weighted by atomic mass is 16.5.